The van der Waals surface area contributed by atoms with Gasteiger partial charge in [0.05, 0.1) is 5.56 Å². The number of aromatic nitrogens is 5. The van der Waals surface area contributed by atoms with Crippen molar-refractivity contribution in [3.8, 4) is 11.7 Å². The van der Waals surface area contributed by atoms with Crippen molar-refractivity contribution in [3.05, 3.63) is 93.7 Å². The van der Waals surface area contributed by atoms with E-state index in [2.05, 4.69) is 25.4 Å². The number of amidine groups is 1. The maximum Gasteiger partial charge on any atom is 0.350 e. The van der Waals surface area contributed by atoms with Gasteiger partial charge in [-0.15, -0.1) is 9.78 Å². The van der Waals surface area contributed by atoms with E-state index in [0.29, 0.717) is 11.3 Å². The van der Waals surface area contributed by atoms with Crippen LogP contribution in [0.15, 0.2) is 59.7 Å². The highest BCUT2D eigenvalue weighted by molar-refractivity contribution is 5.98. The molecule has 4 aromatic rings. The van der Waals surface area contributed by atoms with E-state index in [9.17, 15) is 14.7 Å². The molecule has 0 saturated heterocycles. The van der Waals surface area contributed by atoms with Gasteiger partial charge in [0, 0.05) is 43.2 Å². The van der Waals surface area contributed by atoms with Crippen LogP contribution in [0.2, 0.25) is 0 Å². The molecule has 2 heterocycles. The molecular weight excluding hydrogens is 483 g/mol. The Morgan fingerprint density at radius 2 is 2.03 bits per heavy atom. The summed E-state index contributed by atoms with van der Waals surface area (Å²) in [6.07, 6.45) is 3.18. The maximum absolute atomic E-state index is 15.1. The number of halogens is 1. The average Bonchev–Trinajstić information content (AvgIpc) is 3.25. The number of aliphatic hydroxyl groups is 1. The number of anilines is 1. The fraction of sp³-hybridized carbons (Fsp3) is 0.167. The second-order valence-electron chi connectivity index (χ2n) is 7.90. The first-order chi connectivity index (χ1) is 17.8. The summed E-state index contributed by atoms with van der Waals surface area (Å²) < 4.78 is 21.3. The van der Waals surface area contributed by atoms with Gasteiger partial charge in [-0.05, 0) is 36.2 Å². The number of rotatable bonds is 9. The number of hydrogen-bond donors (Lipinski definition) is 5. The van der Waals surface area contributed by atoms with E-state index in [1.807, 2.05) is 0 Å². The number of carbonyl (C=O) groups excluding carboxylic acids is 1. The Bertz CT molecular complexity index is 1500. The second-order valence-corrected chi connectivity index (χ2v) is 7.90. The third-order valence-electron chi connectivity index (χ3n) is 5.26. The van der Waals surface area contributed by atoms with Crippen LogP contribution in [-0.4, -0.2) is 48.3 Å². The number of nitrogens with one attached hydrogen (secondary N) is 3. The zero-order chi connectivity index (χ0) is 26.5. The number of ether oxygens (including phenoxy) is 1. The smallest absolute Gasteiger partial charge is 0.350 e. The monoisotopic (exact) mass is 506 g/mol. The molecule has 0 radical (unpaired) electrons. The third kappa shape index (κ3) is 5.67. The van der Waals surface area contributed by atoms with Crippen molar-refractivity contribution >= 4 is 17.5 Å². The minimum Gasteiger partial charge on any atom is -0.426 e. The number of carbonyl (C=O) groups is 1. The Kier molecular flexibility index (Phi) is 7.34. The molecule has 190 valence electrons. The highest BCUT2D eigenvalue weighted by atomic mass is 19.1. The molecule has 2 aromatic carbocycles. The van der Waals surface area contributed by atoms with E-state index < -0.39 is 23.5 Å². The lowest BCUT2D eigenvalue weighted by atomic mass is 10.0. The second kappa shape index (κ2) is 10.8. The van der Waals surface area contributed by atoms with E-state index >= 15 is 4.39 Å². The number of nitrogens with zero attached hydrogens (tertiary/aromatic N) is 4. The molecule has 13 heteroatoms. The molecule has 0 aliphatic carbocycles. The number of nitrogen functional groups attached to an aromatic ring is 1. The first kappa shape index (κ1) is 25.2. The van der Waals surface area contributed by atoms with Crippen molar-refractivity contribution < 1.29 is 19.0 Å². The topological polar surface area (TPSA) is 185 Å². The first-order valence-electron chi connectivity index (χ1n) is 11.1. The van der Waals surface area contributed by atoms with Gasteiger partial charge in [-0.3, -0.25) is 15.2 Å². The molecule has 2 aromatic heterocycles. The minimum atomic E-state index is -1.04. The highest BCUT2D eigenvalue weighted by Crippen LogP contribution is 2.30. The molecule has 12 nitrogen and oxygen atoms in total. The Morgan fingerprint density at radius 3 is 2.70 bits per heavy atom. The van der Waals surface area contributed by atoms with Crippen LogP contribution in [0.5, 0.6) is 5.75 Å². The molecule has 6 N–H and O–H groups in total. The van der Waals surface area contributed by atoms with Crippen molar-refractivity contribution in [2.75, 3.05) is 11.9 Å². The molecule has 1 atom stereocenters. The van der Waals surface area contributed by atoms with Crippen LogP contribution in [-0.2, 0) is 11.2 Å². The number of aromatic amines is 1. The van der Waals surface area contributed by atoms with Crippen LogP contribution in [0.4, 0.5) is 10.1 Å². The molecule has 0 bridgehead atoms. The summed E-state index contributed by atoms with van der Waals surface area (Å²) in [6, 6.07) is 9.36. The Morgan fingerprint density at radius 1 is 1.27 bits per heavy atom. The summed E-state index contributed by atoms with van der Waals surface area (Å²) in [6.45, 7) is 1.07. The Balaban J connectivity index is 1.83. The van der Waals surface area contributed by atoms with Crippen LogP contribution in [0.1, 0.15) is 35.5 Å². The number of nitrogens with two attached hydrogens (primary N) is 1. The van der Waals surface area contributed by atoms with E-state index in [-0.39, 0.29) is 47.5 Å². The molecule has 0 aliphatic heterocycles. The van der Waals surface area contributed by atoms with Gasteiger partial charge in [0.25, 0.3) is 5.95 Å². The maximum atomic E-state index is 15.1. The number of hydrogen-bond acceptors (Lipinski definition) is 9. The Hall–Kier alpha value is -4.91. The summed E-state index contributed by atoms with van der Waals surface area (Å²) >= 11 is 0. The fourth-order valence-corrected chi connectivity index (χ4v) is 3.64. The van der Waals surface area contributed by atoms with Gasteiger partial charge in [-0.1, -0.05) is 12.1 Å². The number of H-pyrrole nitrogens is 1. The molecule has 0 aliphatic rings. The van der Waals surface area contributed by atoms with Crippen molar-refractivity contribution in [2.24, 2.45) is 5.73 Å². The summed E-state index contributed by atoms with van der Waals surface area (Å²) in [5.74, 6) is -1.44. The van der Waals surface area contributed by atoms with Crippen LogP contribution in [0.3, 0.4) is 0 Å². The van der Waals surface area contributed by atoms with Gasteiger partial charge in [-0.2, -0.15) is 0 Å². The first-order valence-corrected chi connectivity index (χ1v) is 11.1. The molecule has 0 amide bonds. The summed E-state index contributed by atoms with van der Waals surface area (Å²) in [4.78, 5) is 35.0. The number of esters is 1. The van der Waals surface area contributed by atoms with Crippen molar-refractivity contribution in [3.63, 3.8) is 0 Å². The van der Waals surface area contributed by atoms with E-state index in [0.717, 1.165) is 4.68 Å². The van der Waals surface area contributed by atoms with Crippen molar-refractivity contribution in [1.29, 1.82) is 5.41 Å². The van der Waals surface area contributed by atoms with Crippen LogP contribution in [0, 0.1) is 11.2 Å². The molecule has 0 fully saturated rings. The van der Waals surface area contributed by atoms with E-state index in [1.165, 1.54) is 37.5 Å². The van der Waals surface area contributed by atoms with Gasteiger partial charge < -0.3 is 20.9 Å². The van der Waals surface area contributed by atoms with Crippen molar-refractivity contribution in [2.45, 2.75) is 19.4 Å². The van der Waals surface area contributed by atoms with E-state index in [4.69, 9.17) is 15.9 Å². The molecular formula is C24H23FN8O4. The van der Waals surface area contributed by atoms with Gasteiger partial charge >= 0.3 is 11.7 Å². The standard InChI is InChI=1S/C24H23FN8O4/c1-13(35)37-19-12-15(4-5-16(19)21(26)27)30-20(17-11-14(7-10-34)3-6-18(17)25)22-31-24(36)33(32-22)23-28-8-2-9-29-23/h2-6,8-9,11-12,20,30,34H,7,10H2,1H3,(H3,26,27)(H,31,32,36). The quantitative estimate of drug-likeness (QED) is 0.0969. The summed E-state index contributed by atoms with van der Waals surface area (Å²) in [5, 5.41) is 24.5. The van der Waals surface area contributed by atoms with Gasteiger partial charge in [0.2, 0.25) is 0 Å². The zero-order valence-corrected chi connectivity index (χ0v) is 19.6. The van der Waals surface area contributed by atoms with Crippen molar-refractivity contribution in [1.82, 2.24) is 24.7 Å². The predicted molar refractivity (Wildman–Crippen MR) is 131 cm³/mol. The van der Waals surface area contributed by atoms with E-state index in [1.54, 1.807) is 24.3 Å². The molecule has 37 heavy (non-hydrogen) atoms. The third-order valence-corrected chi connectivity index (χ3v) is 5.26. The van der Waals surface area contributed by atoms with Gasteiger partial charge in [0.1, 0.15) is 23.4 Å². The largest absolute Gasteiger partial charge is 0.426 e. The molecule has 1 unspecified atom stereocenters. The number of benzene rings is 2. The lowest BCUT2D eigenvalue weighted by Gasteiger charge is -2.20. The molecule has 4 rings (SSSR count). The summed E-state index contributed by atoms with van der Waals surface area (Å²) in [7, 11) is 0. The summed E-state index contributed by atoms with van der Waals surface area (Å²) in [5.41, 5.74) is 6.28. The predicted octanol–water partition coefficient (Wildman–Crippen LogP) is 1.44. The van der Waals surface area contributed by atoms with Crippen LogP contribution >= 0.6 is 0 Å². The van der Waals surface area contributed by atoms with Gasteiger partial charge in [0.15, 0.2) is 5.82 Å². The Labute approximate surface area is 209 Å². The minimum absolute atomic E-state index is 0.0196. The normalized spacial score (nSPS) is 11.6. The van der Waals surface area contributed by atoms with Gasteiger partial charge in [-0.25, -0.2) is 19.2 Å². The van der Waals surface area contributed by atoms with Crippen LogP contribution in [0.25, 0.3) is 5.95 Å². The highest BCUT2D eigenvalue weighted by Gasteiger charge is 2.25. The zero-order valence-electron chi connectivity index (χ0n) is 19.6. The molecule has 0 spiro atoms. The lowest BCUT2D eigenvalue weighted by molar-refractivity contribution is -0.131. The average molecular weight is 506 g/mol. The molecule has 0 saturated carbocycles. The SMILES string of the molecule is CC(=O)Oc1cc(NC(c2nn(-c3ncccn3)c(=O)[nH]2)c2cc(CCO)ccc2F)ccc1C(=N)N. The number of aliphatic hydroxyl groups excluding tert-OH is 1. The fourth-order valence-electron chi connectivity index (χ4n) is 3.64. The lowest BCUT2D eigenvalue weighted by Crippen LogP contribution is -2.18. The van der Waals surface area contributed by atoms with Crippen LogP contribution < -0.4 is 21.5 Å².